The fourth-order valence-corrected chi connectivity index (χ4v) is 2.51. The molecule has 0 aliphatic rings. The first-order valence-corrected chi connectivity index (χ1v) is 7.21. The summed E-state index contributed by atoms with van der Waals surface area (Å²) >= 11 is 3.66. The van der Waals surface area contributed by atoms with E-state index in [1.165, 1.54) is 11.3 Å². The predicted molar refractivity (Wildman–Crippen MR) is 77.2 cm³/mol. The van der Waals surface area contributed by atoms with E-state index in [9.17, 15) is 9.59 Å². The lowest BCUT2D eigenvalue weighted by molar-refractivity contribution is -0.123. The Hall–Kier alpha value is -0.630. The number of halogens is 1. The molecule has 1 aromatic heterocycles. The average Bonchev–Trinajstić information content (AvgIpc) is 2.63. The van der Waals surface area contributed by atoms with Crippen LogP contribution in [0.15, 0.2) is 11.4 Å². The maximum atomic E-state index is 11.8. The van der Waals surface area contributed by atoms with Gasteiger partial charge in [-0.25, -0.2) is 0 Å². The Balaban J connectivity index is 2.54. The number of nitrogens with one attached hydrogen (secondary N) is 2. The summed E-state index contributed by atoms with van der Waals surface area (Å²) in [4.78, 5) is 23.4. The summed E-state index contributed by atoms with van der Waals surface area (Å²) in [6.07, 6.45) is 0. The van der Waals surface area contributed by atoms with Crippen LogP contribution in [0.5, 0.6) is 0 Å². The van der Waals surface area contributed by atoms with Gasteiger partial charge in [0, 0.05) is 11.4 Å². The molecule has 2 amide bonds. The summed E-state index contributed by atoms with van der Waals surface area (Å²) in [5, 5.41) is 7.20. The SMILES string of the molecule is CC(C)NC(=O)C(C)NC(=O)c1csc(I)c1. The minimum Gasteiger partial charge on any atom is -0.352 e. The fourth-order valence-electron chi connectivity index (χ4n) is 1.18. The molecule has 1 unspecified atom stereocenters. The van der Waals surface area contributed by atoms with Crippen LogP contribution in [-0.4, -0.2) is 23.9 Å². The third kappa shape index (κ3) is 4.63. The van der Waals surface area contributed by atoms with Crippen molar-refractivity contribution in [3.8, 4) is 0 Å². The zero-order valence-electron chi connectivity index (χ0n) is 9.91. The van der Waals surface area contributed by atoms with Crippen LogP contribution in [0.1, 0.15) is 31.1 Å². The van der Waals surface area contributed by atoms with E-state index < -0.39 is 6.04 Å². The van der Waals surface area contributed by atoms with Crippen molar-refractivity contribution in [2.24, 2.45) is 0 Å². The van der Waals surface area contributed by atoms with Crippen molar-refractivity contribution in [3.63, 3.8) is 0 Å². The van der Waals surface area contributed by atoms with E-state index in [4.69, 9.17) is 0 Å². The second kappa shape index (κ2) is 6.34. The molecule has 1 rings (SSSR count). The van der Waals surface area contributed by atoms with Crippen LogP contribution in [0.3, 0.4) is 0 Å². The molecular formula is C11H15IN2O2S. The van der Waals surface area contributed by atoms with E-state index in [-0.39, 0.29) is 17.9 Å². The first-order chi connectivity index (χ1) is 7.90. The number of carbonyl (C=O) groups excluding carboxylic acids is 2. The first-order valence-electron chi connectivity index (χ1n) is 5.25. The molecule has 0 spiro atoms. The Morgan fingerprint density at radius 3 is 2.41 bits per heavy atom. The van der Waals surface area contributed by atoms with Crippen LogP contribution < -0.4 is 10.6 Å². The van der Waals surface area contributed by atoms with Gasteiger partial charge in [0.15, 0.2) is 0 Å². The first kappa shape index (κ1) is 14.4. The van der Waals surface area contributed by atoms with E-state index in [0.717, 1.165) is 2.88 Å². The van der Waals surface area contributed by atoms with Gasteiger partial charge in [-0.15, -0.1) is 11.3 Å². The Labute approximate surface area is 118 Å². The minimum absolute atomic E-state index is 0.0731. The smallest absolute Gasteiger partial charge is 0.252 e. The molecule has 0 aromatic carbocycles. The lowest BCUT2D eigenvalue weighted by atomic mass is 10.2. The average molecular weight is 366 g/mol. The van der Waals surface area contributed by atoms with Crippen LogP contribution in [0.4, 0.5) is 0 Å². The molecule has 1 aromatic rings. The van der Waals surface area contributed by atoms with Gasteiger partial charge in [-0.3, -0.25) is 9.59 Å². The normalized spacial score (nSPS) is 12.3. The highest BCUT2D eigenvalue weighted by Gasteiger charge is 2.17. The number of carbonyl (C=O) groups is 2. The number of rotatable bonds is 4. The van der Waals surface area contributed by atoms with E-state index in [1.807, 2.05) is 13.8 Å². The van der Waals surface area contributed by atoms with Gasteiger partial charge in [-0.1, -0.05) is 0 Å². The molecule has 2 N–H and O–H groups in total. The second-order valence-electron chi connectivity index (χ2n) is 4.00. The van der Waals surface area contributed by atoms with Crippen molar-refractivity contribution in [3.05, 3.63) is 19.9 Å². The van der Waals surface area contributed by atoms with Gasteiger partial charge in [0.05, 0.1) is 8.45 Å². The molecule has 0 saturated heterocycles. The summed E-state index contributed by atoms with van der Waals surface area (Å²) in [6, 6.07) is 1.35. The van der Waals surface area contributed by atoms with Crippen molar-refractivity contribution in [1.29, 1.82) is 0 Å². The van der Waals surface area contributed by atoms with Crippen LogP contribution in [-0.2, 0) is 4.79 Å². The fraction of sp³-hybridized carbons (Fsp3) is 0.455. The molecule has 0 fully saturated rings. The summed E-state index contributed by atoms with van der Waals surface area (Å²) in [5.74, 6) is -0.381. The van der Waals surface area contributed by atoms with E-state index in [0.29, 0.717) is 5.56 Å². The van der Waals surface area contributed by atoms with Crippen LogP contribution >= 0.6 is 33.9 Å². The Morgan fingerprint density at radius 1 is 1.29 bits per heavy atom. The number of hydrogen-bond acceptors (Lipinski definition) is 3. The third-order valence-electron chi connectivity index (χ3n) is 2.00. The van der Waals surface area contributed by atoms with E-state index in [1.54, 1.807) is 18.4 Å². The highest BCUT2D eigenvalue weighted by atomic mass is 127. The molecule has 0 radical (unpaired) electrons. The topological polar surface area (TPSA) is 58.2 Å². The Bertz CT molecular complexity index is 417. The molecule has 1 atom stereocenters. The highest BCUT2D eigenvalue weighted by molar-refractivity contribution is 14.1. The maximum absolute atomic E-state index is 11.8. The van der Waals surface area contributed by atoms with E-state index in [2.05, 4.69) is 33.2 Å². The lowest BCUT2D eigenvalue weighted by Crippen LogP contribution is -2.46. The van der Waals surface area contributed by atoms with Crippen LogP contribution in [0.2, 0.25) is 0 Å². The van der Waals surface area contributed by atoms with Crippen LogP contribution in [0, 0.1) is 2.88 Å². The monoisotopic (exact) mass is 366 g/mol. The van der Waals surface area contributed by atoms with Crippen molar-refractivity contribution >= 4 is 45.7 Å². The van der Waals surface area contributed by atoms with Gasteiger partial charge in [0.1, 0.15) is 6.04 Å². The molecule has 1 heterocycles. The molecule has 0 saturated carbocycles. The van der Waals surface area contributed by atoms with Crippen molar-refractivity contribution < 1.29 is 9.59 Å². The van der Waals surface area contributed by atoms with Gasteiger partial charge in [-0.2, -0.15) is 0 Å². The van der Waals surface area contributed by atoms with Crippen LogP contribution in [0.25, 0.3) is 0 Å². The number of thiophene rings is 1. The van der Waals surface area contributed by atoms with Crippen molar-refractivity contribution in [2.75, 3.05) is 0 Å². The van der Waals surface area contributed by atoms with Gasteiger partial charge < -0.3 is 10.6 Å². The van der Waals surface area contributed by atoms with Gasteiger partial charge >= 0.3 is 0 Å². The Morgan fingerprint density at radius 2 is 1.94 bits per heavy atom. The highest BCUT2D eigenvalue weighted by Crippen LogP contribution is 2.16. The standard InChI is InChI=1S/C11H15IN2O2S/c1-6(2)13-10(15)7(3)14-11(16)8-4-9(12)17-5-8/h4-7H,1-3H3,(H,13,15)(H,14,16). The molecule has 0 aliphatic carbocycles. The molecule has 4 nitrogen and oxygen atoms in total. The zero-order chi connectivity index (χ0) is 13.0. The Kier molecular flexibility index (Phi) is 5.38. The van der Waals surface area contributed by atoms with E-state index >= 15 is 0 Å². The molecule has 0 bridgehead atoms. The predicted octanol–water partition coefficient (Wildman–Crippen LogP) is 2.00. The quantitative estimate of drug-likeness (QED) is 0.801. The molecule has 0 aliphatic heterocycles. The van der Waals surface area contributed by atoms with Gasteiger partial charge in [0.25, 0.3) is 5.91 Å². The molecule has 94 valence electrons. The van der Waals surface area contributed by atoms with Crippen molar-refractivity contribution in [1.82, 2.24) is 10.6 Å². The van der Waals surface area contributed by atoms with Gasteiger partial charge in [0.2, 0.25) is 5.91 Å². The lowest BCUT2D eigenvalue weighted by Gasteiger charge is -2.15. The van der Waals surface area contributed by atoms with Crippen molar-refractivity contribution in [2.45, 2.75) is 32.9 Å². The summed E-state index contributed by atoms with van der Waals surface area (Å²) in [7, 11) is 0. The summed E-state index contributed by atoms with van der Waals surface area (Å²) in [6.45, 7) is 5.44. The number of hydrogen-bond donors (Lipinski definition) is 2. The third-order valence-corrected chi connectivity index (χ3v) is 3.79. The van der Waals surface area contributed by atoms with Gasteiger partial charge in [-0.05, 0) is 49.4 Å². The minimum atomic E-state index is -0.525. The maximum Gasteiger partial charge on any atom is 0.252 e. The number of amides is 2. The zero-order valence-corrected chi connectivity index (χ0v) is 12.9. The molecular weight excluding hydrogens is 351 g/mol. The molecule has 6 heteroatoms. The molecule has 17 heavy (non-hydrogen) atoms. The summed E-state index contributed by atoms with van der Waals surface area (Å²) < 4.78 is 1.05. The largest absolute Gasteiger partial charge is 0.352 e. The summed E-state index contributed by atoms with van der Waals surface area (Å²) in [5.41, 5.74) is 0.601. The second-order valence-corrected chi connectivity index (χ2v) is 6.80.